The van der Waals surface area contributed by atoms with Crippen LogP contribution < -0.4 is 10.6 Å². The molecule has 1 amide bonds. The second kappa shape index (κ2) is 7.65. The molecule has 1 aromatic carbocycles. The lowest BCUT2D eigenvalue weighted by molar-refractivity contribution is -0.120. The molecule has 2 unspecified atom stereocenters. The van der Waals surface area contributed by atoms with Crippen LogP contribution in [0, 0.1) is 5.92 Å². The minimum Gasteiger partial charge on any atom is -0.379 e. The van der Waals surface area contributed by atoms with Gasteiger partial charge in [-0.1, -0.05) is 41.7 Å². The van der Waals surface area contributed by atoms with E-state index in [0.29, 0.717) is 34.0 Å². The minimum atomic E-state index is -0.248. The van der Waals surface area contributed by atoms with Crippen LogP contribution in [0.2, 0.25) is 15.1 Å². The van der Waals surface area contributed by atoms with Crippen molar-refractivity contribution in [2.45, 2.75) is 19.4 Å². The van der Waals surface area contributed by atoms with Crippen molar-refractivity contribution in [3.63, 3.8) is 0 Å². The number of carbonyl (C=O) groups is 1. The van der Waals surface area contributed by atoms with Crippen molar-refractivity contribution in [2.24, 2.45) is 5.92 Å². The summed E-state index contributed by atoms with van der Waals surface area (Å²) < 4.78 is 5.40. The number of hydrogen-bond acceptors (Lipinski definition) is 3. The summed E-state index contributed by atoms with van der Waals surface area (Å²) in [4.78, 5) is 12.4. The fourth-order valence-corrected chi connectivity index (χ4v) is 2.78. The third-order valence-corrected chi connectivity index (χ3v) is 4.38. The summed E-state index contributed by atoms with van der Waals surface area (Å²) in [5.41, 5.74) is 0.456. The Hall–Kier alpha value is -0.520. The highest BCUT2D eigenvalue weighted by atomic mass is 35.5. The maximum atomic E-state index is 12.4. The largest absolute Gasteiger partial charge is 0.379 e. The Kier molecular flexibility index (Phi) is 6.14. The van der Waals surface area contributed by atoms with Crippen LogP contribution in [0.15, 0.2) is 12.1 Å². The van der Waals surface area contributed by atoms with E-state index in [0.717, 1.165) is 13.0 Å². The van der Waals surface area contributed by atoms with Gasteiger partial charge in [0.2, 0.25) is 5.91 Å². The van der Waals surface area contributed by atoms with Crippen molar-refractivity contribution in [3.05, 3.63) is 27.2 Å². The molecule has 2 N–H and O–H groups in total. The van der Waals surface area contributed by atoms with E-state index in [2.05, 4.69) is 17.6 Å². The van der Waals surface area contributed by atoms with E-state index >= 15 is 0 Å². The molecular formula is C14H17Cl3N2O2. The molecule has 1 aromatic rings. The van der Waals surface area contributed by atoms with Gasteiger partial charge < -0.3 is 15.4 Å². The molecule has 1 aliphatic rings. The van der Waals surface area contributed by atoms with Crippen LogP contribution in [-0.2, 0) is 9.53 Å². The first kappa shape index (κ1) is 16.8. The van der Waals surface area contributed by atoms with Crippen LogP contribution in [-0.4, -0.2) is 31.7 Å². The maximum Gasteiger partial charge on any atom is 0.231 e. The minimum absolute atomic E-state index is 0.0199. The molecule has 116 valence electrons. The monoisotopic (exact) mass is 350 g/mol. The van der Waals surface area contributed by atoms with Gasteiger partial charge in [0, 0.05) is 6.04 Å². The van der Waals surface area contributed by atoms with Crippen LogP contribution in [0.1, 0.15) is 13.3 Å². The Labute approximate surface area is 139 Å². The summed E-state index contributed by atoms with van der Waals surface area (Å²) in [5.74, 6) is -0.386. The number of halogens is 3. The van der Waals surface area contributed by atoms with E-state index < -0.39 is 0 Å². The molecule has 1 heterocycles. The molecule has 2 atom stereocenters. The molecule has 1 fully saturated rings. The molecule has 2 rings (SSSR count). The van der Waals surface area contributed by atoms with E-state index in [-0.39, 0.29) is 17.9 Å². The van der Waals surface area contributed by atoms with Crippen molar-refractivity contribution in [1.82, 2.24) is 5.32 Å². The average Bonchev–Trinajstić information content (AvgIpc) is 2.91. The SMILES string of the molecule is CCCNC1COCC1C(=O)Nc1cc(Cl)c(Cl)cc1Cl. The third-order valence-electron chi connectivity index (χ3n) is 3.34. The Balaban J connectivity index is 2.05. The fraction of sp³-hybridized carbons (Fsp3) is 0.500. The van der Waals surface area contributed by atoms with Crippen LogP contribution in [0.25, 0.3) is 0 Å². The zero-order valence-corrected chi connectivity index (χ0v) is 13.9. The predicted octanol–water partition coefficient (Wildman–Crippen LogP) is 3.60. The van der Waals surface area contributed by atoms with E-state index in [9.17, 15) is 4.79 Å². The summed E-state index contributed by atoms with van der Waals surface area (Å²) >= 11 is 17.9. The third kappa shape index (κ3) is 4.24. The van der Waals surface area contributed by atoms with Gasteiger partial charge in [-0.2, -0.15) is 0 Å². The molecule has 0 bridgehead atoms. The molecule has 0 saturated carbocycles. The standard InChI is InChI=1S/C14H17Cl3N2O2/c1-2-3-18-13-7-21-6-8(13)14(20)19-12-5-10(16)9(15)4-11(12)17/h4-5,8,13,18H,2-3,6-7H2,1H3,(H,19,20). The predicted molar refractivity (Wildman–Crippen MR) is 86.5 cm³/mol. The molecule has 0 radical (unpaired) electrons. The number of benzene rings is 1. The molecule has 1 saturated heterocycles. The smallest absolute Gasteiger partial charge is 0.231 e. The lowest BCUT2D eigenvalue weighted by Crippen LogP contribution is -2.41. The number of amides is 1. The number of carbonyl (C=O) groups excluding carboxylic acids is 1. The van der Waals surface area contributed by atoms with Crippen molar-refractivity contribution in [3.8, 4) is 0 Å². The van der Waals surface area contributed by atoms with Gasteiger partial charge in [0.05, 0.1) is 39.9 Å². The zero-order chi connectivity index (χ0) is 15.4. The quantitative estimate of drug-likeness (QED) is 0.797. The van der Waals surface area contributed by atoms with Crippen molar-refractivity contribution < 1.29 is 9.53 Å². The normalized spacial score (nSPS) is 21.5. The first-order valence-electron chi connectivity index (χ1n) is 6.79. The molecular weight excluding hydrogens is 335 g/mol. The van der Waals surface area contributed by atoms with Gasteiger partial charge >= 0.3 is 0 Å². The lowest BCUT2D eigenvalue weighted by atomic mass is 10.0. The number of hydrogen-bond donors (Lipinski definition) is 2. The summed E-state index contributed by atoms with van der Waals surface area (Å²) in [7, 11) is 0. The average molecular weight is 352 g/mol. The molecule has 0 aliphatic carbocycles. The Bertz CT molecular complexity index is 525. The highest BCUT2D eigenvalue weighted by Crippen LogP contribution is 2.32. The highest BCUT2D eigenvalue weighted by molar-refractivity contribution is 6.44. The fourth-order valence-electron chi connectivity index (χ4n) is 2.19. The Morgan fingerprint density at radius 1 is 1.24 bits per heavy atom. The van der Waals surface area contributed by atoms with Crippen molar-refractivity contribution in [2.75, 3.05) is 25.1 Å². The molecule has 0 spiro atoms. The second-order valence-corrected chi connectivity index (χ2v) is 6.16. The van der Waals surface area contributed by atoms with E-state index in [4.69, 9.17) is 39.5 Å². The molecule has 7 heteroatoms. The van der Waals surface area contributed by atoms with Crippen LogP contribution in [0.5, 0.6) is 0 Å². The van der Waals surface area contributed by atoms with Gasteiger partial charge in [-0.25, -0.2) is 0 Å². The van der Waals surface area contributed by atoms with Crippen LogP contribution in [0.4, 0.5) is 5.69 Å². The lowest BCUT2D eigenvalue weighted by Gasteiger charge is -2.19. The zero-order valence-electron chi connectivity index (χ0n) is 11.6. The van der Waals surface area contributed by atoms with Crippen molar-refractivity contribution >= 4 is 46.4 Å². The van der Waals surface area contributed by atoms with E-state index in [1.165, 1.54) is 6.07 Å². The number of ether oxygens (including phenoxy) is 1. The summed E-state index contributed by atoms with van der Waals surface area (Å²) in [6.45, 7) is 3.86. The van der Waals surface area contributed by atoms with Gasteiger partial charge in [-0.05, 0) is 25.1 Å². The number of rotatable bonds is 5. The number of nitrogens with one attached hydrogen (secondary N) is 2. The number of anilines is 1. The molecule has 4 nitrogen and oxygen atoms in total. The van der Waals surface area contributed by atoms with Gasteiger partial charge in [-0.3, -0.25) is 4.79 Å². The topological polar surface area (TPSA) is 50.4 Å². The van der Waals surface area contributed by atoms with Crippen LogP contribution >= 0.6 is 34.8 Å². The highest BCUT2D eigenvalue weighted by Gasteiger charge is 2.33. The first-order chi connectivity index (χ1) is 10.0. The molecule has 0 aromatic heterocycles. The van der Waals surface area contributed by atoms with Crippen LogP contribution in [0.3, 0.4) is 0 Å². The summed E-state index contributed by atoms with van der Waals surface area (Å²) in [6, 6.07) is 3.08. The Morgan fingerprint density at radius 2 is 1.95 bits per heavy atom. The van der Waals surface area contributed by atoms with E-state index in [1.54, 1.807) is 6.07 Å². The molecule has 21 heavy (non-hydrogen) atoms. The van der Waals surface area contributed by atoms with Gasteiger partial charge in [0.1, 0.15) is 0 Å². The molecule has 1 aliphatic heterocycles. The van der Waals surface area contributed by atoms with Gasteiger partial charge in [0.15, 0.2) is 0 Å². The van der Waals surface area contributed by atoms with Gasteiger partial charge in [-0.15, -0.1) is 0 Å². The summed E-state index contributed by atoms with van der Waals surface area (Å²) in [5, 5.41) is 7.17. The van der Waals surface area contributed by atoms with Gasteiger partial charge in [0.25, 0.3) is 0 Å². The second-order valence-electron chi connectivity index (χ2n) is 4.94. The Morgan fingerprint density at radius 3 is 2.67 bits per heavy atom. The first-order valence-corrected chi connectivity index (χ1v) is 7.92. The maximum absolute atomic E-state index is 12.4. The summed E-state index contributed by atoms with van der Waals surface area (Å²) in [6.07, 6.45) is 1.00. The van der Waals surface area contributed by atoms with Crippen molar-refractivity contribution in [1.29, 1.82) is 0 Å². The van der Waals surface area contributed by atoms with E-state index in [1.807, 2.05) is 0 Å².